The summed E-state index contributed by atoms with van der Waals surface area (Å²) in [4.78, 5) is 12.7. The fourth-order valence-electron chi connectivity index (χ4n) is 4.10. The van der Waals surface area contributed by atoms with E-state index < -0.39 is 0 Å². The highest BCUT2D eigenvalue weighted by Gasteiger charge is 2.19. The second-order valence-corrected chi connectivity index (χ2v) is 8.38. The number of carbonyl (C=O) groups excluding carboxylic acids is 1. The molecule has 1 N–H and O–H groups in total. The third-order valence-electron chi connectivity index (χ3n) is 5.85. The molecule has 0 aliphatic heterocycles. The summed E-state index contributed by atoms with van der Waals surface area (Å²) in [5, 5.41) is 4.19. The highest BCUT2D eigenvalue weighted by atomic mass is 35.5. The van der Waals surface area contributed by atoms with E-state index in [2.05, 4.69) is 5.32 Å². The molecule has 6 nitrogen and oxygen atoms in total. The number of furan rings is 1. The minimum Gasteiger partial charge on any atom is -0.496 e. The average Bonchev–Trinajstić information content (AvgIpc) is 3.29. The first-order valence-electron chi connectivity index (χ1n) is 10.9. The zero-order valence-electron chi connectivity index (χ0n) is 20.2. The molecule has 1 heterocycles. The number of hydrogen-bond acceptors (Lipinski definition) is 5. The van der Waals surface area contributed by atoms with Crippen molar-refractivity contribution in [1.82, 2.24) is 0 Å². The highest BCUT2D eigenvalue weighted by Crippen LogP contribution is 2.42. The van der Waals surface area contributed by atoms with Crippen LogP contribution in [0.4, 0.5) is 5.69 Å². The van der Waals surface area contributed by atoms with Gasteiger partial charge >= 0.3 is 0 Å². The lowest BCUT2D eigenvalue weighted by Crippen LogP contribution is -2.09. The summed E-state index contributed by atoms with van der Waals surface area (Å²) < 4.78 is 22.5. The number of ether oxygens (including phenoxy) is 3. The number of rotatable bonds is 7. The molecule has 35 heavy (non-hydrogen) atoms. The van der Waals surface area contributed by atoms with E-state index in [9.17, 15) is 4.79 Å². The Hall–Kier alpha value is -3.90. The molecule has 180 valence electrons. The Morgan fingerprint density at radius 3 is 2.43 bits per heavy atom. The number of benzene rings is 3. The van der Waals surface area contributed by atoms with Crippen molar-refractivity contribution in [1.29, 1.82) is 0 Å². The van der Waals surface area contributed by atoms with E-state index >= 15 is 0 Å². The van der Waals surface area contributed by atoms with Gasteiger partial charge in [-0.2, -0.15) is 0 Å². The zero-order valence-corrected chi connectivity index (χ0v) is 20.9. The molecule has 0 atom stereocenters. The Morgan fingerprint density at radius 1 is 1.00 bits per heavy atom. The molecule has 0 aliphatic carbocycles. The van der Waals surface area contributed by atoms with E-state index in [1.807, 2.05) is 50.2 Å². The number of halogens is 1. The van der Waals surface area contributed by atoms with E-state index in [1.54, 1.807) is 39.7 Å². The molecule has 0 aliphatic rings. The number of hydrogen-bond donors (Lipinski definition) is 1. The lowest BCUT2D eigenvalue weighted by Gasteiger charge is -2.14. The van der Waals surface area contributed by atoms with Crippen LogP contribution in [0, 0.1) is 6.92 Å². The first kappa shape index (κ1) is 24.2. The summed E-state index contributed by atoms with van der Waals surface area (Å²) in [6.07, 6.45) is 3.24. The maximum atomic E-state index is 12.7. The summed E-state index contributed by atoms with van der Waals surface area (Å²) in [5.41, 5.74) is 5.42. The second kappa shape index (κ2) is 10.2. The molecule has 0 fully saturated rings. The number of allylic oxidation sites excluding steroid dienone is 1. The van der Waals surface area contributed by atoms with Crippen molar-refractivity contribution in [2.75, 3.05) is 26.6 Å². The Bertz CT molecular complexity index is 1440. The van der Waals surface area contributed by atoms with Gasteiger partial charge in [-0.25, -0.2) is 0 Å². The number of nitrogens with one attached hydrogen (secondary N) is 1. The molecular weight excluding hydrogens is 466 g/mol. The van der Waals surface area contributed by atoms with Crippen LogP contribution in [-0.2, 0) is 4.79 Å². The number of anilines is 1. The lowest BCUT2D eigenvalue weighted by atomic mass is 9.96. The molecule has 0 spiro atoms. The first-order chi connectivity index (χ1) is 16.9. The minimum atomic E-state index is -0.289. The fourth-order valence-corrected chi connectivity index (χ4v) is 4.29. The Kier molecular flexibility index (Phi) is 7.03. The van der Waals surface area contributed by atoms with Crippen molar-refractivity contribution in [3.05, 3.63) is 77.0 Å². The molecule has 1 aromatic heterocycles. The molecule has 0 saturated heterocycles. The Morgan fingerprint density at radius 2 is 1.74 bits per heavy atom. The van der Waals surface area contributed by atoms with Crippen molar-refractivity contribution in [2.24, 2.45) is 0 Å². The van der Waals surface area contributed by atoms with Gasteiger partial charge in [-0.1, -0.05) is 29.8 Å². The van der Waals surface area contributed by atoms with Crippen molar-refractivity contribution in [3.63, 3.8) is 0 Å². The quantitative estimate of drug-likeness (QED) is 0.278. The molecule has 0 bridgehead atoms. The van der Waals surface area contributed by atoms with Crippen LogP contribution in [0.2, 0.25) is 5.02 Å². The lowest BCUT2D eigenvalue weighted by molar-refractivity contribution is -0.111. The van der Waals surface area contributed by atoms with Gasteiger partial charge in [0, 0.05) is 28.2 Å². The molecule has 4 rings (SSSR count). The molecule has 7 heteroatoms. The van der Waals surface area contributed by atoms with Crippen molar-refractivity contribution >= 4 is 39.7 Å². The van der Waals surface area contributed by atoms with Gasteiger partial charge in [0.25, 0.3) is 0 Å². The molecule has 4 aromatic rings. The van der Waals surface area contributed by atoms with Gasteiger partial charge in [0.2, 0.25) is 5.91 Å². The van der Waals surface area contributed by atoms with Crippen LogP contribution < -0.4 is 19.5 Å². The molecular formula is C28H26ClNO5. The largest absolute Gasteiger partial charge is 0.496 e. The van der Waals surface area contributed by atoms with E-state index in [-0.39, 0.29) is 5.91 Å². The summed E-state index contributed by atoms with van der Waals surface area (Å²) >= 11 is 6.18. The van der Waals surface area contributed by atoms with Gasteiger partial charge in [0.05, 0.1) is 38.3 Å². The van der Waals surface area contributed by atoms with E-state index in [0.29, 0.717) is 33.5 Å². The van der Waals surface area contributed by atoms with Crippen LogP contribution in [0.5, 0.6) is 17.2 Å². The molecule has 1 amide bonds. The number of para-hydroxylation sites is 1. The summed E-state index contributed by atoms with van der Waals surface area (Å²) in [6.45, 7) is 3.80. The minimum absolute atomic E-state index is 0.289. The number of fused-ring (bicyclic) bond motifs is 1. The van der Waals surface area contributed by atoms with Crippen LogP contribution in [-0.4, -0.2) is 27.2 Å². The van der Waals surface area contributed by atoms with Gasteiger partial charge in [0.1, 0.15) is 11.3 Å². The van der Waals surface area contributed by atoms with Gasteiger partial charge in [-0.3, -0.25) is 4.79 Å². The summed E-state index contributed by atoms with van der Waals surface area (Å²) in [5.74, 6) is 1.62. The number of amides is 1. The molecule has 0 unspecified atom stereocenters. The van der Waals surface area contributed by atoms with Crippen molar-refractivity contribution < 1.29 is 23.4 Å². The van der Waals surface area contributed by atoms with Gasteiger partial charge in [-0.15, -0.1) is 0 Å². The van der Waals surface area contributed by atoms with E-state index in [0.717, 1.165) is 33.2 Å². The Balaban J connectivity index is 1.79. The van der Waals surface area contributed by atoms with Crippen molar-refractivity contribution in [3.8, 4) is 28.4 Å². The number of carbonyl (C=O) groups is 1. The normalized spacial score (nSPS) is 11.4. The Labute approximate surface area is 209 Å². The predicted octanol–water partition coefficient (Wildman–Crippen LogP) is 7.13. The predicted molar refractivity (Wildman–Crippen MR) is 140 cm³/mol. The van der Waals surface area contributed by atoms with Crippen LogP contribution in [0.3, 0.4) is 0 Å². The summed E-state index contributed by atoms with van der Waals surface area (Å²) in [6, 6.07) is 14.8. The standard InChI is InChI=1S/C28H26ClNO5/c1-16(12-26(31)30-23-9-7-6-8-22(23)29)19-14-20-21(15-35-28(20)17(2)27(19)34-5)18-10-11-24(32-3)25(13-18)33-4/h6-15H,1-5H3,(H,30,31)/b16-12+. The van der Waals surface area contributed by atoms with Crippen LogP contribution in [0.15, 0.2) is 65.3 Å². The fraction of sp³-hybridized carbons (Fsp3) is 0.179. The van der Waals surface area contributed by atoms with Crippen LogP contribution in [0.25, 0.3) is 27.7 Å². The topological polar surface area (TPSA) is 69.9 Å². The van der Waals surface area contributed by atoms with E-state index in [1.165, 1.54) is 6.08 Å². The third-order valence-corrected chi connectivity index (χ3v) is 6.18. The van der Waals surface area contributed by atoms with E-state index in [4.69, 9.17) is 30.2 Å². The smallest absolute Gasteiger partial charge is 0.248 e. The highest BCUT2D eigenvalue weighted by molar-refractivity contribution is 6.33. The molecule has 0 radical (unpaired) electrons. The van der Waals surface area contributed by atoms with Crippen molar-refractivity contribution in [2.45, 2.75) is 13.8 Å². The molecule has 0 saturated carbocycles. The maximum Gasteiger partial charge on any atom is 0.248 e. The first-order valence-corrected chi connectivity index (χ1v) is 11.3. The van der Waals surface area contributed by atoms with Crippen LogP contribution in [0.1, 0.15) is 18.1 Å². The third kappa shape index (κ3) is 4.70. The maximum absolute atomic E-state index is 12.7. The monoisotopic (exact) mass is 491 g/mol. The van der Waals surface area contributed by atoms with Gasteiger partial charge in [-0.05, 0) is 55.3 Å². The van der Waals surface area contributed by atoms with Crippen LogP contribution >= 0.6 is 11.6 Å². The molecule has 3 aromatic carbocycles. The zero-order chi connectivity index (χ0) is 25.1. The number of methoxy groups -OCH3 is 3. The average molecular weight is 492 g/mol. The summed E-state index contributed by atoms with van der Waals surface area (Å²) in [7, 11) is 4.81. The SMILES string of the molecule is COc1ccc(-c2coc3c(C)c(OC)c(/C(C)=C/C(=O)Nc4ccccc4Cl)cc23)cc1OC. The second-order valence-electron chi connectivity index (χ2n) is 7.97. The van der Waals surface area contributed by atoms with Gasteiger partial charge < -0.3 is 23.9 Å². The van der Waals surface area contributed by atoms with Gasteiger partial charge in [0.15, 0.2) is 11.5 Å². The number of aryl methyl sites for hydroxylation is 1.